The van der Waals surface area contributed by atoms with Gasteiger partial charge < -0.3 is 5.32 Å². The summed E-state index contributed by atoms with van der Waals surface area (Å²) < 4.78 is 38.4. The third kappa shape index (κ3) is 6.19. The first-order chi connectivity index (χ1) is 9.84. The summed E-state index contributed by atoms with van der Waals surface area (Å²) in [5.74, 6) is 0.206. The summed E-state index contributed by atoms with van der Waals surface area (Å²) in [5.41, 5.74) is -0.412. The number of carbonyl (C=O) groups excluding carboxylic acids is 1. The van der Waals surface area contributed by atoms with Gasteiger partial charge in [0, 0.05) is 13.0 Å². The summed E-state index contributed by atoms with van der Waals surface area (Å²) in [7, 11) is 0. The molecule has 118 valence electrons. The zero-order chi connectivity index (χ0) is 15.9. The third-order valence-electron chi connectivity index (χ3n) is 3.35. The van der Waals surface area contributed by atoms with Crippen LogP contribution in [0.4, 0.5) is 13.2 Å². The molecule has 1 amide bonds. The Hall–Kier alpha value is -1.52. The van der Waals surface area contributed by atoms with Crippen molar-refractivity contribution in [1.82, 2.24) is 5.32 Å². The molecule has 1 N–H and O–H groups in total. The molecular formula is C16H22F3NO. The second-order valence-corrected chi connectivity index (χ2v) is 5.35. The van der Waals surface area contributed by atoms with Gasteiger partial charge in [0.25, 0.3) is 0 Å². The molecule has 0 radical (unpaired) electrons. The lowest BCUT2D eigenvalue weighted by molar-refractivity contribution is -0.138. The predicted molar refractivity (Wildman–Crippen MR) is 76.8 cm³/mol. The van der Waals surface area contributed by atoms with Crippen LogP contribution in [0.25, 0.3) is 0 Å². The van der Waals surface area contributed by atoms with Crippen LogP contribution in [0.5, 0.6) is 0 Å². The molecule has 0 aliphatic rings. The normalized spacial score (nSPS) is 13.0. The minimum absolute atomic E-state index is 0.0968. The molecule has 0 bridgehead atoms. The van der Waals surface area contributed by atoms with Crippen molar-refractivity contribution >= 4 is 5.91 Å². The molecule has 21 heavy (non-hydrogen) atoms. The van der Waals surface area contributed by atoms with Crippen LogP contribution in [-0.4, -0.2) is 12.5 Å². The van der Waals surface area contributed by atoms with E-state index in [1.807, 2.05) is 6.92 Å². The van der Waals surface area contributed by atoms with Gasteiger partial charge in [-0.05, 0) is 24.0 Å². The van der Waals surface area contributed by atoms with Crippen molar-refractivity contribution in [3.8, 4) is 0 Å². The van der Waals surface area contributed by atoms with Gasteiger partial charge in [-0.2, -0.15) is 13.2 Å². The number of amides is 1. The van der Waals surface area contributed by atoms with Crippen LogP contribution in [0.2, 0.25) is 0 Å². The Bertz CT molecular complexity index is 457. The highest BCUT2D eigenvalue weighted by Gasteiger charge is 2.32. The number of alkyl halides is 3. The molecule has 1 aromatic carbocycles. The number of rotatable bonds is 7. The molecule has 0 heterocycles. The van der Waals surface area contributed by atoms with Crippen molar-refractivity contribution in [2.45, 2.75) is 45.7 Å². The number of carbonyl (C=O) groups is 1. The van der Waals surface area contributed by atoms with Gasteiger partial charge in [0.1, 0.15) is 0 Å². The van der Waals surface area contributed by atoms with Crippen molar-refractivity contribution in [2.24, 2.45) is 5.92 Å². The first-order valence-electron chi connectivity index (χ1n) is 7.26. The number of benzene rings is 1. The fourth-order valence-electron chi connectivity index (χ4n) is 2.33. The molecule has 0 fully saturated rings. The Morgan fingerprint density at radius 2 is 1.95 bits per heavy atom. The minimum Gasteiger partial charge on any atom is -0.356 e. The van der Waals surface area contributed by atoms with E-state index in [1.54, 1.807) is 6.07 Å². The van der Waals surface area contributed by atoms with Crippen LogP contribution in [0.1, 0.15) is 44.2 Å². The maximum Gasteiger partial charge on any atom is 0.416 e. The largest absolute Gasteiger partial charge is 0.416 e. The highest BCUT2D eigenvalue weighted by Crippen LogP contribution is 2.31. The van der Waals surface area contributed by atoms with Gasteiger partial charge in [-0.25, -0.2) is 0 Å². The molecule has 0 saturated carbocycles. The van der Waals surface area contributed by atoms with Gasteiger partial charge in [0.2, 0.25) is 5.91 Å². The van der Waals surface area contributed by atoms with Crippen molar-refractivity contribution in [2.75, 3.05) is 6.54 Å². The maximum atomic E-state index is 12.8. The summed E-state index contributed by atoms with van der Waals surface area (Å²) in [6, 6.07) is 5.47. The van der Waals surface area contributed by atoms with E-state index >= 15 is 0 Å². The summed E-state index contributed by atoms with van der Waals surface area (Å²) in [4.78, 5) is 11.7. The lowest BCUT2D eigenvalue weighted by atomic mass is 10.0. The SMILES string of the molecule is CCCC(C)CC(=O)NCCc1ccccc1C(F)(F)F. The van der Waals surface area contributed by atoms with Crippen LogP contribution >= 0.6 is 0 Å². The predicted octanol–water partition coefficient (Wildman–Crippen LogP) is 4.19. The number of hydrogen-bond donors (Lipinski definition) is 1. The van der Waals surface area contributed by atoms with Crippen molar-refractivity contribution in [3.63, 3.8) is 0 Å². The van der Waals surface area contributed by atoms with Crippen LogP contribution in [0.15, 0.2) is 24.3 Å². The Morgan fingerprint density at radius 3 is 2.57 bits per heavy atom. The van der Waals surface area contributed by atoms with Crippen molar-refractivity contribution in [1.29, 1.82) is 0 Å². The Morgan fingerprint density at radius 1 is 1.29 bits per heavy atom. The highest BCUT2D eigenvalue weighted by atomic mass is 19.4. The molecule has 0 aromatic heterocycles. The topological polar surface area (TPSA) is 29.1 Å². The second kappa shape index (κ2) is 8.05. The Kier molecular flexibility index (Phi) is 6.72. The van der Waals surface area contributed by atoms with Crippen molar-refractivity contribution < 1.29 is 18.0 Å². The smallest absolute Gasteiger partial charge is 0.356 e. The van der Waals surface area contributed by atoms with E-state index in [9.17, 15) is 18.0 Å². The maximum absolute atomic E-state index is 12.8. The quantitative estimate of drug-likeness (QED) is 0.804. The second-order valence-electron chi connectivity index (χ2n) is 5.35. The third-order valence-corrected chi connectivity index (χ3v) is 3.35. The van der Waals surface area contributed by atoms with E-state index in [1.165, 1.54) is 12.1 Å². The van der Waals surface area contributed by atoms with E-state index in [4.69, 9.17) is 0 Å². The first-order valence-corrected chi connectivity index (χ1v) is 7.26. The van der Waals surface area contributed by atoms with E-state index in [2.05, 4.69) is 12.2 Å². The lowest BCUT2D eigenvalue weighted by Crippen LogP contribution is -2.27. The monoisotopic (exact) mass is 301 g/mol. The van der Waals surface area contributed by atoms with Gasteiger partial charge in [0.05, 0.1) is 5.56 Å². The molecule has 0 saturated heterocycles. The summed E-state index contributed by atoms with van der Waals surface area (Å²) in [6.45, 7) is 4.29. The Balaban J connectivity index is 2.48. The van der Waals surface area contributed by atoms with E-state index < -0.39 is 11.7 Å². The van der Waals surface area contributed by atoms with Gasteiger partial charge >= 0.3 is 6.18 Å². The van der Waals surface area contributed by atoms with E-state index in [-0.39, 0.29) is 24.4 Å². The number of hydrogen-bond acceptors (Lipinski definition) is 1. The average Bonchev–Trinajstić information content (AvgIpc) is 2.38. The first kappa shape index (κ1) is 17.5. The van der Waals surface area contributed by atoms with Crippen LogP contribution in [0.3, 0.4) is 0 Å². The zero-order valence-corrected chi connectivity index (χ0v) is 12.5. The van der Waals surface area contributed by atoms with Crippen LogP contribution in [0, 0.1) is 5.92 Å². The molecule has 1 unspecified atom stereocenters. The van der Waals surface area contributed by atoms with E-state index in [0.29, 0.717) is 12.3 Å². The summed E-state index contributed by atoms with van der Waals surface area (Å²) in [6.07, 6.45) is -1.74. The molecule has 2 nitrogen and oxygen atoms in total. The molecular weight excluding hydrogens is 279 g/mol. The average molecular weight is 301 g/mol. The molecule has 0 aliphatic heterocycles. The number of nitrogens with one attached hydrogen (secondary N) is 1. The molecule has 0 spiro atoms. The standard InChI is InChI=1S/C16H22F3NO/c1-3-6-12(2)11-15(21)20-10-9-13-7-4-5-8-14(13)16(17,18)19/h4-5,7-8,12H,3,6,9-11H2,1-2H3,(H,20,21). The fraction of sp³-hybridized carbons (Fsp3) is 0.562. The number of halogens is 3. The van der Waals surface area contributed by atoms with Crippen LogP contribution in [-0.2, 0) is 17.4 Å². The Labute approximate surface area is 123 Å². The summed E-state index contributed by atoms with van der Waals surface area (Å²) >= 11 is 0. The molecule has 1 atom stereocenters. The molecule has 1 rings (SSSR count). The van der Waals surface area contributed by atoms with E-state index in [0.717, 1.165) is 18.9 Å². The summed E-state index contributed by atoms with van der Waals surface area (Å²) in [5, 5.41) is 2.69. The van der Waals surface area contributed by atoms with Gasteiger partial charge in [-0.1, -0.05) is 44.9 Å². The molecule has 1 aromatic rings. The molecule has 5 heteroatoms. The van der Waals surface area contributed by atoms with Gasteiger partial charge in [-0.3, -0.25) is 4.79 Å². The molecule has 0 aliphatic carbocycles. The lowest BCUT2D eigenvalue weighted by Gasteiger charge is -2.13. The minimum atomic E-state index is -4.35. The van der Waals surface area contributed by atoms with Gasteiger partial charge in [0.15, 0.2) is 0 Å². The van der Waals surface area contributed by atoms with Gasteiger partial charge in [-0.15, -0.1) is 0 Å². The van der Waals surface area contributed by atoms with Crippen molar-refractivity contribution in [3.05, 3.63) is 35.4 Å². The highest BCUT2D eigenvalue weighted by molar-refractivity contribution is 5.76. The van der Waals surface area contributed by atoms with Crippen LogP contribution < -0.4 is 5.32 Å². The zero-order valence-electron chi connectivity index (χ0n) is 12.5. The fourth-order valence-corrected chi connectivity index (χ4v) is 2.33.